The second-order valence-corrected chi connectivity index (χ2v) is 7.68. The molecule has 2 saturated heterocycles. The second-order valence-electron chi connectivity index (χ2n) is 7.68. The molecule has 0 N–H and O–H groups in total. The van der Waals surface area contributed by atoms with Crippen LogP contribution in [-0.4, -0.2) is 45.5 Å². The van der Waals surface area contributed by atoms with E-state index in [0.29, 0.717) is 0 Å². The minimum Gasteiger partial charge on any atom is -0.370 e. The summed E-state index contributed by atoms with van der Waals surface area (Å²) in [5.74, 6) is 2.33. The second kappa shape index (κ2) is 7.18. The van der Waals surface area contributed by atoms with Crippen molar-refractivity contribution in [1.82, 2.24) is 19.4 Å². The largest absolute Gasteiger partial charge is 0.370 e. The van der Waals surface area contributed by atoms with Gasteiger partial charge in [0.1, 0.15) is 5.65 Å². The van der Waals surface area contributed by atoms with Crippen LogP contribution < -0.4 is 9.80 Å². The Bertz CT molecular complexity index is 951. The Morgan fingerprint density at radius 1 is 0.964 bits per heavy atom. The number of fused-ring (bicyclic) bond motifs is 1. The summed E-state index contributed by atoms with van der Waals surface area (Å²) >= 11 is 0. The van der Waals surface area contributed by atoms with Crippen molar-refractivity contribution in [3.63, 3.8) is 0 Å². The normalized spacial score (nSPS) is 17.9. The summed E-state index contributed by atoms with van der Waals surface area (Å²) in [6.45, 7) is 6.49. The number of pyridine rings is 1. The van der Waals surface area contributed by atoms with Crippen molar-refractivity contribution < 1.29 is 0 Å². The van der Waals surface area contributed by atoms with Crippen molar-refractivity contribution in [3.8, 4) is 11.4 Å². The molecule has 0 unspecified atom stereocenters. The number of hydrogen-bond acceptors (Lipinski definition) is 5. The molecule has 3 aromatic rings. The third kappa shape index (κ3) is 3.10. The van der Waals surface area contributed by atoms with Crippen molar-refractivity contribution in [2.24, 2.45) is 0 Å². The van der Waals surface area contributed by atoms with E-state index in [1.54, 1.807) is 0 Å². The molecule has 5 rings (SSSR count). The van der Waals surface area contributed by atoms with Gasteiger partial charge in [0.25, 0.3) is 0 Å². The van der Waals surface area contributed by atoms with Gasteiger partial charge in [0.2, 0.25) is 5.95 Å². The van der Waals surface area contributed by atoms with E-state index in [1.165, 1.54) is 37.3 Å². The fourth-order valence-corrected chi connectivity index (χ4v) is 3.95. The van der Waals surface area contributed by atoms with Crippen LogP contribution in [0.5, 0.6) is 0 Å². The molecule has 0 aromatic carbocycles. The first-order valence-electron chi connectivity index (χ1n) is 9.90. The third-order valence-corrected chi connectivity index (χ3v) is 5.64. The number of hydrogen-bond donors (Lipinski definition) is 0. The summed E-state index contributed by atoms with van der Waals surface area (Å²) in [7, 11) is 0. The molecule has 6 nitrogen and oxygen atoms in total. The van der Waals surface area contributed by atoms with Gasteiger partial charge in [-0.2, -0.15) is 13.3 Å². The van der Waals surface area contributed by atoms with Crippen molar-refractivity contribution in [1.29, 1.82) is 0 Å². The van der Waals surface area contributed by atoms with Crippen LogP contribution >= 0.6 is 0 Å². The number of aromatic nitrogens is 4. The molecule has 28 heavy (non-hydrogen) atoms. The molecule has 2 fully saturated rings. The van der Waals surface area contributed by atoms with Gasteiger partial charge in [-0.1, -0.05) is 6.42 Å². The first kappa shape index (κ1) is 17.8. The monoisotopic (exact) mass is 623 g/mol. The number of rotatable bonds is 3. The fourth-order valence-electron chi connectivity index (χ4n) is 3.95. The van der Waals surface area contributed by atoms with Crippen molar-refractivity contribution >= 4 is 17.3 Å². The minimum atomic E-state index is 0. The topological polar surface area (TPSA) is 49.6 Å². The van der Waals surface area contributed by atoms with Gasteiger partial charge in [0.05, 0.1) is 23.3 Å². The predicted molar refractivity (Wildman–Crippen MR) is 108 cm³/mol. The Morgan fingerprint density at radius 3 is 2.64 bits per heavy atom. The Kier molecular flexibility index (Phi) is 4.55. The Balaban J connectivity index is 0.00000192. The SMILES string of the molecule is C[C-]1CCCCN(c2nccc(-c3cnc4ccc(N5CCC5)cn34)n2)C1.[Lr]. The van der Waals surface area contributed by atoms with Gasteiger partial charge in [0, 0.05) is 32.0 Å². The maximum absolute atomic E-state index is 4.90. The first-order chi connectivity index (χ1) is 13.3. The Labute approximate surface area is 159 Å². The third-order valence-electron chi connectivity index (χ3n) is 5.64. The molecule has 0 amide bonds. The molecule has 155 valence electrons. The van der Waals surface area contributed by atoms with Crippen molar-refractivity contribution in [2.75, 3.05) is 36.0 Å². The van der Waals surface area contributed by atoms with E-state index in [0.717, 1.165) is 49.2 Å². The van der Waals surface area contributed by atoms with Crippen LogP contribution in [0.25, 0.3) is 17.0 Å². The van der Waals surface area contributed by atoms with E-state index < -0.39 is 0 Å². The van der Waals surface area contributed by atoms with E-state index in [4.69, 9.17) is 4.98 Å². The molecule has 3 aromatic heterocycles. The van der Waals surface area contributed by atoms with Crippen LogP contribution in [0.1, 0.15) is 32.6 Å². The fraction of sp³-hybridized carbons (Fsp3) is 0.429. The Hall–Kier alpha value is -3.63. The van der Waals surface area contributed by atoms with Crippen LogP contribution in [0, 0.1) is 5.92 Å². The maximum Gasteiger partial charge on any atom is 0.223 e. The molecular weight excluding hydrogens is 598 g/mol. The molecule has 5 heterocycles. The van der Waals surface area contributed by atoms with Gasteiger partial charge in [-0.25, -0.2) is 15.0 Å². The predicted octanol–water partition coefficient (Wildman–Crippen LogP) is 3.59. The molecule has 2 aliphatic heterocycles. The van der Waals surface area contributed by atoms with Crippen molar-refractivity contribution in [2.45, 2.75) is 32.6 Å². The zero-order valence-electron chi connectivity index (χ0n) is 16.1. The van der Waals surface area contributed by atoms with E-state index in [1.807, 2.05) is 18.5 Å². The molecule has 2 aliphatic rings. The van der Waals surface area contributed by atoms with Crippen LogP contribution in [-0.2, 0) is 0 Å². The van der Waals surface area contributed by atoms with Gasteiger partial charge >= 0.3 is 0 Å². The van der Waals surface area contributed by atoms with Gasteiger partial charge in [0.15, 0.2) is 0 Å². The average Bonchev–Trinajstić information content (AvgIpc) is 2.94. The van der Waals surface area contributed by atoms with Gasteiger partial charge < -0.3 is 9.80 Å². The molecule has 0 spiro atoms. The minimum absolute atomic E-state index is 0. The maximum atomic E-state index is 4.90. The van der Waals surface area contributed by atoms with Crippen LogP contribution in [0.4, 0.5) is 11.6 Å². The number of anilines is 2. The molecule has 1 radical (unpaired) electrons. The van der Waals surface area contributed by atoms with E-state index >= 15 is 0 Å². The summed E-state index contributed by atoms with van der Waals surface area (Å²) in [5, 5.41) is 0. The summed E-state index contributed by atoms with van der Waals surface area (Å²) in [5.41, 5.74) is 4.15. The summed E-state index contributed by atoms with van der Waals surface area (Å²) < 4.78 is 2.15. The van der Waals surface area contributed by atoms with Crippen LogP contribution in [0.3, 0.4) is 0 Å². The van der Waals surface area contributed by atoms with E-state index in [-0.39, 0.29) is 0 Å². The van der Waals surface area contributed by atoms with E-state index in [9.17, 15) is 0 Å². The zero-order valence-corrected chi connectivity index (χ0v) is 18.2. The summed E-state index contributed by atoms with van der Waals surface area (Å²) in [4.78, 5) is 18.7. The van der Waals surface area contributed by atoms with Crippen molar-refractivity contribution in [3.05, 3.63) is 42.7 Å². The summed E-state index contributed by atoms with van der Waals surface area (Å²) in [6.07, 6.45) is 10.9. The summed E-state index contributed by atoms with van der Waals surface area (Å²) in [6, 6.07) is 6.23. The Morgan fingerprint density at radius 2 is 1.82 bits per heavy atom. The first-order valence-corrected chi connectivity index (χ1v) is 9.90. The number of imidazole rings is 1. The van der Waals surface area contributed by atoms with Crippen LogP contribution in [0.15, 0.2) is 36.8 Å². The van der Waals surface area contributed by atoms with Gasteiger partial charge in [-0.05, 0) is 31.0 Å². The molecule has 0 bridgehead atoms. The van der Waals surface area contributed by atoms with Crippen LogP contribution in [0.2, 0.25) is 0 Å². The average molecular weight is 623 g/mol. The molecular formula is C21H25LrN6-. The molecule has 7 heteroatoms. The standard InChI is InChI=1S/C21H25N6.Lr/c1-16-5-2-3-10-26(14-16)21-22-9-8-18(24-21)19-13-23-20-7-6-17(15-27(19)20)25-11-4-12-25;/h6-9,13,15H,2-5,10-12,14H2,1H3;/q-1;. The number of nitrogens with zero attached hydrogens (tertiary/aromatic N) is 6. The quantitative estimate of drug-likeness (QED) is 0.418. The molecule has 0 atom stereocenters. The smallest absolute Gasteiger partial charge is 0.223 e. The zero-order chi connectivity index (χ0) is 18.2. The molecule has 0 aliphatic carbocycles. The van der Waals surface area contributed by atoms with Gasteiger partial charge in [-0.15, -0.1) is 6.54 Å². The van der Waals surface area contributed by atoms with Gasteiger partial charge in [-0.3, -0.25) is 10.3 Å². The van der Waals surface area contributed by atoms with E-state index in [2.05, 4.69) is 49.4 Å². The molecule has 0 saturated carbocycles.